The lowest BCUT2D eigenvalue weighted by Crippen LogP contribution is -1.98. The number of benzene rings is 8. The Morgan fingerprint density at radius 2 is 1.00 bits per heavy atom. The lowest BCUT2D eigenvalue weighted by molar-refractivity contribution is 1.16. The highest BCUT2D eigenvalue weighted by molar-refractivity contribution is 7.26. The number of hydrogen-bond acceptors (Lipinski definition) is 4. The Labute approximate surface area is 338 Å². The van der Waals surface area contributed by atoms with Gasteiger partial charge in [0, 0.05) is 65.0 Å². The quantitative estimate of drug-likeness (QED) is 0.164. The van der Waals surface area contributed by atoms with E-state index < -0.39 is 0 Å². The van der Waals surface area contributed by atoms with Crippen molar-refractivity contribution in [2.45, 2.75) is 0 Å². The molecule has 0 bridgehead atoms. The third kappa shape index (κ3) is 5.18. The molecule has 58 heavy (non-hydrogen) atoms. The summed E-state index contributed by atoms with van der Waals surface area (Å²) in [6.07, 6.45) is 0. The van der Waals surface area contributed by atoms with E-state index in [2.05, 4.69) is 180 Å². The summed E-state index contributed by atoms with van der Waals surface area (Å²) in [6, 6.07) is 68.8. The largest absolute Gasteiger partial charge is 0.309 e. The van der Waals surface area contributed by atoms with Crippen LogP contribution < -0.4 is 0 Å². The number of fused-ring (bicyclic) bond motifs is 10. The summed E-state index contributed by atoms with van der Waals surface area (Å²) in [5.74, 6) is 0.683. The zero-order valence-electron chi connectivity index (χ0n) is 31.2. The number of para-hydroxylation sites is 2. The average Bonchev–Trinajstić information content (AvgIpc) is 3.86. The van der Waals surface area contributed by atoms with Gasteiger partial charge in [-0.25, -0.2) is 15.0 Å². The maximum Gasteiger partial charge on any atom is 0.160 e. The zero-order valence-corrected chi connectivity index (χ0v) is 32.0. The predicted molar refractivity (Wildman–Crippen MR) is 244 cm³/mol. The Hall–Kier alpha value is -7.47. The highest BCUT2D eigenvalue weighted by Gasteiger charge is 2.19. The minimum Gasteiger partial charge on any atom is -0.309 e. The molecule has 5 heteroatoms. The van der Waals surface area contributed by atoms with Crippen molar-refractivity contribution in [1.82, 2.24) is 19.5 Å². The van der Waals surface area contributed by atoms with Gasteiger partial charge in [-0.2, -0.15) is 0 Å². The van der Waals surface area contributed by atoms with Crippen LogP contribution >= 0.6 is 11.3 Å². The number of aromatic nitrogens is 4. The Morgan fingerprint density at radius 3 is 1.78 bits per heavy atom. The summed E-state index contributed by atoms with van der Waals surface area (Å²) in [4.78, 5) is 16.0. The van der Waals surface area contributed by atoms with Crippen LogP contribution in [0.2, 0.25) is 0 Å². The Kier molecular flexibility index (Phi) is 7.37. The zero-order chi connectivity index (χ0) is 38.2. The molecule has 0 radical (unpaired) electrons. The summed E-state index contributed by atoms with van der Waals surface area (Å²) < 4.78 is 4.80. The molecule has 4 aromatic heterocycles. The molecule has 0 spiro atoms. The van der Waals surface area contributed by atoms with Crippen LogP contribution in [-0.2, 0) is 0 Å². The Balaban J connectivity index is 1.05. The SMILES string of the molecule is c1ccc(-c2nc(-c3cccc(-c4nc5c6ccccc6ccc5c5c4sc4ccccc45)c3)cc(-c3cccc(-n4c5ccccc5c5ccccc54)c3)n2)cc1. The number of nitrogens with zero attached hydrogens (tertiary/aromatic N) is 4. The van der Waals surface area contributed by atoms with E-state index in [0.29, 0.717) is 5.82 Å². The van der Waals surface area contributed by atoms with Gasteiger partial charge in [0.1, 0.15) is 0 Å². The maximum atomic E-state index is 5.51. The molecule has 0 saturated heterocycles. The number of pyridine rings is 1. The molecule has 270 valence electrons. The molecular formula is C53H32N4S. The summed E-state index contributed by atoms with van der Waals surface area (Å²) in [7, 11) is 0. The third-order valence-electron chi connectivity index (χ3n) is 11.4. The van der Waals surface area contributed by atoms with Gasteiger partial charge in [-0.05, 0) is 47.9 Å². The van der Waals surface area contributed by atoms with Crippen LogP contribution in [0.25, 0.3) is 115 Å². The molecule has 0 atom stereocenters. The van der Waals surface area contributed by atoms with Crippen molar-refractivity contribution in [2.75, 3.05) is 0 Å². The molecule has 0 saturated carbocycles. The lowest BCUT2D eigenvalue weighted by atomic mass is 9.98. The number of rotatable bonds is 5. The first-order valence-corrected chi connectivity index (χ1v) is 20.3. The standard InChI is InChI=1S/C53H32N4S/c1-2-15-34(16-3-1)53-54-44(32-45(55-53)36-18-13-20-38(31-36)57-46-25-9-6-22-40(46)41-23-7-10-26-47(41)57)35-17-12-19-37(30-35)50-52-49(42-24-8-11-27-48(42)58-52)43-29-28-33-14-4-5-21-39(33)51(43)56-50/h1-32H. The van der Waals surface area contributed by atoms with Crippen LogP contribution in [0.4, 0.5) is 0 Å². The minimum absolute atomic E-state index is 0.683. The monoisotopic (exact) mass is 756 g/mol. The van der Waals surface area contributed by atoms with E-state index in [9.17, 15) is 0 Å². The molecule has 0 aliphatic heterocycles. The first-order chi connectivity index (χ1) is 28.7. The number of thiophene rings is 1. The Bertz CT molecular complexity index is 3530. The molecule has 4 heterocycles. The summed E-state index contributed by atoms with van der Waals surface area (Å²) in [5, 5.41) is 8.52. The van der Waals surface area contributed by atoms with Crippen molar-refractivity contribution in [3.05, 3.63) is 194 Å². The Morgan fingerprint density at radius 1 is 0.397 bits per heavy atom. The van der Waals surface area contributed by atoms with Crippen LogP contribution in [0.5, 0.6) is 0 Å². The van der Waals surface area contributed by atoms with Gasteiger partial charge in [-0.3, -0.25) is 0 Å². The van der Waals surface area contributed by atoms with E-state index in [0.717, 1.165) is 55.9 Å². The molecule has 0 N–H and O–H groups in total. The highest BCUT2D eigenvalue weighted by atomic mass is 32.1. The fraction of sp³-hybridized carbons (Fsp3) is 0. The third-order valence-corrected chi connectivity index (χ3v) is 12.6. The van der Waals surface area contributed by atoms with Crippen molar-refractivity contribution < 1.29 is 0 Å². The molecular weight excluding hydrogens is 725 g/mol. The predicted octanol–water partition coefficient (Wildman–Crippen LogP) is 14.3. The highest BCUT2D eigenvalue weighted by Crippen LogP contribution is 2.44. The summed E-state index contributed by atoms with van der Waals surface area (Å²) >= 11 is 1.82. The second-order valence-corrected chi connectivity index (χ2v) is 15.8. The molecule has 0 unspecified atom stereocenters. The number of hydrogen-bond donors (Lipinski definition) is 0. The summed E-state index contributed by atoms with van der Waals surface area (Å²) in [5.41, 5.74) is 11.2. The van der Waals surface area contributed by atoms with Gasteiger partial charge in [0.05, 0.1) is 38.3 Å². The van der Waals surface area contributed by atoms with Gasteiger partial charge in [0.15, 0.2) is 5.82 Å². The van der Waals surface area contributed by atoms with E-state index in [4.69, 9.17) is 15.0 Å². The molecule has 12 aromatic rings. The smallest absolute Gasteiger partial charge is 0.160 e. The van der Waals surface area contributed by atoms with Crippen LogP contribution in [-0.4, -0.2) is 19.5 Å². The van der Waals surface area contributed by atoms with E-state index in [-0.39, 0.29) is 0 Å². The molecule has 12 rings (SSSR count). The minimum atomic E-state index is 0.683. The fourth-order valence-corrected chi connectivity index (χ4v) is 9.93. The molecule has 0 fully saturated rings. The van der Waals surface area contributed by atoms with Crippen LogP contribution in [0.15, 0.2) is 194 Å². The molecule has 4 nitrogen and oxygen atoms in total. The van der Waals surface area contributed by atoms with E-state index >= 15 is 0 Å². The van der Waals surface area contributed by atoms with Crippen molar-refractivity contribution in [3.8, 4) is 50.8 Å². The fourth-order valence-electron chi connectivity index (χ4n) is 8.71. The van der Waals surface area contributed by atoms with Crippen molar-refractivity contribution in [1.29, 1.82) is 0 Å². The van der Waals surface area contributed by atoms with E-state index in [1.807, 2.05) is 29.5 Å². The van der Waals surface area contributed by atoms with E-state index in [1.54, 1.807) is 0 Å². The maximum absolute atomic E-state index is 5.51. The first kappa shape index (κ1) is 32.7. The van der Waals surface area contributed by atoms with Gasteiger partial charge < -0.3 is 4.57 Å². The average molecular weight is 757 g/mol. The van der Waals surface area contributed by atoms with Crippen molar-refractivity contribution >= 4 is 75.0 Å². The molecule has 0 aliphatic carbocycles. The first-order valence-electron chi connectivity index (χ1n) is 19.5. The normalized spacial score (nSPS) is 11.8. The van der Waals surface area contributed by atoms with Crippen molar-refractivity contribution in [2.24, 2.45) is 0 Å². The van der Waals surface area contributed by atoms with Gasteiger partial charge in [-0.1, -0.05) is 152 Å². The molecule has 0 aliphatic rings. The van der Waals surface area contributed by atoms with Crippen LogP contribution in [0.3, 0.4) is 0 Å². The molecule has 8 aromatic carbocycles. The van der Waals surface area contributed by atoms with Crippen LogP contribution in [0, 0.1) is 0 Å². The van der Waals surface area contributed by atoms with Gasteiger partial charge in [0.25, 0.3) is 0 Å². The molecule has 0 amide bonds. The van der Waals surface area contributed by atoms with Gasteiger partial charge in [-0.15, -0.1) is 11.3 Å². The lowest BCUT2D eigenvalue weighted by Gasteiger charge is -2.13. The van der Waals surface area contributed by atoms with E-state index in [1.165, 1.54) is 52.8 Å². The van der Waals surface area contributed by atoms with Crippen molar-refractivity contribution in [3.63, 3.8) is 0 Å². The topological polar surface area (TPSA) is 43.6 Å². The van der Waals surface area contributed by atoms with Crippen LogP contribution in [0.1, 0.15) is 0 Å². The summed E-state index contributed by atoms with van der Waals surface area (Å²) in [6.45, 7) is 0. The second-order valence-electron chi connectivity index (χ2n) is 14.8. The van der Waals surface area contributed by atoms with Gasteiger partial charge >= 0.3 is 0 Å². The second kappa shape index (κ2) is 13.1. The van der Waals surface area contributed by atoms with Gasteiger partial charge in [0.2, 0.25) is 0 Å².